The van der Waals surface area contributed by atoms with Crippen molar-refractivity contribution in [2.24, 2.45) is 0 Å². The Hall–Kier alpha value is -2.28. The van der Waals surface area contributed by atoms with Crippen LogP contribution in [0.15, 0.2) is 42.1 Å². The third-order valence-electron chi connectivity index (χ3n) is 4.57. The van der Waals surface area contributed by atoms with Crippen molar-refractivity contribution in [3.63, 3.8) is 0 Å². The monoisotopic (exact) mass is 386 g/mol. The van der Waals surface area contributed by atoms with E-state index in [1.807, 2.05) is 37.3 Å². The molecule has 0 bridgehead atoms. The Morgan fingerprint density at radius 2 is 2.15 bits per heavy atom. The average molecular weight is 387 g/mol. The van der Waals surface area contributed by atoms with Crippen molar-refractivity contribution in [2.45, 2.75) is 50.2 Å². The van der Waals surface area contributed by atoms with E-state index >= 15 is 0 Å². The summed E-state index contributed by atoms with van der Waals surface area (Å²) in [4.78, 5) is 12.4. The molecular weight excluding hydrogens is 360 g/mol. The number of aromatic nitrogens is 3. The fourth-order valence-corrected chi connectivity index (χ4v) is 4.12. The molecule has 1 aliphatic carbocycles. The number of nitrogens with one attached hydrogen (secondary N) is 1. The SMILES string of the molecule is C=CCn1c(SCC(=O)Nc2ccccc2OCC)nnc1C1CCCC1. The summed E-state index contributed by atoms with van der Waals surface area (Å²) in [6, 6.07) is 7.45. The number of para-hydroxylation sites is 2. The Kier molecular flexibility index (Phi) is 6.92. The first kappa shape index (κ1) is 19.5. The molecule has 1 aromatic heterocycles. The zero-order chi connectivity index (χ0) is 19.1. The molecule has 1 saturated carbocycles. The van der Waals surface area contributed by atoms with Crippen molar-refractivity contribution < 1.29 is 9.53 Å². The molecule has 0 saturated heterocycles. The number of hydrogen-bond acceptors (Lipinski definition) is 5. The smallest absolute Gasteiger partial charge is 0.234 e. The minimum Gasteiger partial charge on any atom is -0.492 e. The van der Waals surface area contributed by atoms with Crippen LogP contribution in [0, 0.1) is 0 Å². The van der Waals surface area contributed by atoms with Gasteiger partial charge in [0.15, 0.2) is 5.16 Å². The van der Waals surface area contributed by atoms with E-state index in [0.29, 0.717) is 30.5 Å². The Labute approximate surface area is 164 Å². The van der Waals surface area contributed by atoms with Crippen molar-refractivity contribution in [1.82, 2.24) is 14.8 Å². The van der Waals surface area contributed by atoms with Crippen LogP contribution in [-0.4, -0.2) is 33.0 Å². The molecule has 3 rings (SSSR count). The summed E-state index contributed by atoms with van der Waals surface area (Å²) in [6.45, 7) is 6.98. The maximum Gasteiger partial charge on any atom is 0.234 e. The van der Waals surface area contributed by atoms with E-state index in [2.05, 4.69) is 26.7 Å². The van der Waals surface area contributed by atoms with Crippen LogP contribution in [0.5, 0.6) is 5.75 Å². The number of carbonyl (C=O) groups excluding carboxylic acids is 1. The van der Waals surface area contributed by atoms with E-state index in [9.17, 15) is 4.79 Å². The number of nitrogens with zero attached hydrogens (tertiary/aromatic N) is 3. The highest BCUT2D eigenvalue weighted by molar-refractivity contribution is 7.99. The number of carbonyl (C=O) groups is 1. The predicted octanol–water partition coefficient (Wildman–Crippen LogP) is 4.25. The highest BCUT2D eigenvalue weighted by Crippen LogP contribution is 2.34. The maximum absolute atomic E-state index is 12.4. The van der Waals surface area contributed by atoms with E-state index in [4.69, 9.17) is 4.74 Å². The first-order valence-corrected chi connectivity index (χ1v) is 10.4. The number of anilines is 1. The molecule has 1 fully saturated rings. The zero-order valence-electron chi connectivity index (χ0n) is 15.7. The van der Waals surface area contributed by atoms with Crippen molar-refractivity contribution in [1.29, 1.82) is 0 Å². The highest BCUT2D eigenvalue weighted by atomic mass is 32.2. The molecule has 1 aromatic carbocycles. The second-order valence-electron chi connectivity index (χ2n) is 6.49. The lowest BCUT2D eigenvalue weighted by Gasteiger charge is -2.12. The summed E-state index contributed by atoms with van der Waals surface area (Å²) >= 11 is 1.40. The molecule has 144 valence electrons. The van der Waals surface area contributed by atoms with Gasteiger partial charge in [-0.25, -0.2) is 0 Å². The third-order valence-corrected chi connectivity index (χ3v) is 5.54. The first-order valence-electron chi connectivity index (χ1n) is 9.41. The van der Waals surface area contributed by atoms with Crippen molar-refractivity contribution in [3.8, 4) is 5.75 Å². The van der Waals surface area contributed by atoms with Crippen LogP contribution >= 0.6 is 11.8 Å². The molecule has 7 heteroatoms. The minimum absolute atomic E-state index is 0.0947. The number of hydrogen-bond donors (Lipinski definition) is 1. The molecule has 1 heterocycles. The fourth-order valence-electron chi connectivity index (χ4n) is 3.36. The molecule has 1 aliphatic rings. The van der Waals surface area contributed by atoms with Crippen LogP contribution in [0.3, 0.4) is 0 Å². The molecule has 1 N–H and O–H groups in total. The van der Waals surface area contributed by atoms with Gasteiger partial charge in [0.05, 0.1) is 18.0 Å². The van der Waals surface area contributed by atoms with Crippen molar-refractivity contribution >= 4 is 23.4 Å². The molecule has 0 aliphatic heterocycles. The van der Waals surface area contributed by atoms with E-state index in [-0.39, 0.29) is 11.7 Å². The van der Waals surface area contributed by atoms with Crippen molar-refractivity contribution in [2.75, 3.05) is 17.7 Å². The lowest BCUT2D eigenvalue weighted by molar-refractivity contribution is -0.113. The van der Waals surface area contributed by atoms with Gasteiger partial charge in [-0.1, -0.05) is 42.8 Å². The highest BCUT2D eigenvalue weighted by Gasteiger charge is 2.24. The van der Waals surface area contributed by atoms with Gasteiger partial charge in [-0.15, -0.1) is 16.8 Å². The number of amides is 1. The van der Waals surface area contributed by atoms with Crippen LogP contribution in [0.2, 0.25) is 0 Å². The van der Waals surface area contributed by atoms with Gasteiger partial charge in [0.2, 0.25) is 5.91 Å². The number of rotatable bonds is 9. The number of allylic oxidation sites excluding steroid dienone is 1. The molecule has 0 atom stereocenters. The second kappa shape index (κ2) is 9.60. The Morgan fingerprint density at radius 3 is 2.89 bits per heavy atom. The van der Waals surface area contributed by atoms with E-state index < -0.39 is 0 Å². The average Bonchev–Trinajstić information content (AvgIpc) is 3.32. The largest absolute Gasteiger partial charge is 0.492 e. The van der Waals surface area contributed by atoms with Crippen LogP contribution in [0.4, 0.5) is 5.69 Å². The van der Waals surface area contributed by atoms with Crippen LogP contribution in [0.25, 0.3) is 0 Å². The van der Waals surface area contributed by atoms with E-state index in [1.165, 1.54) is 24.6 Å². The van der Waals surface area contributed by atoms with Crippen molar-refractivity contribution in [3.05, 3.63) is 42.7 Å². The summed E-state index contributed by atoms with van der Waals surface area (Å²) in [5.41, 5.74) is 0.684. The summed E-state index contributed by atoms with van der Waals surface area (Å²) in [6.07, 6.45) is 6.67. The second-order valence-corrected chi connectivity index (χ2v) is 7.43. The summed E-state index contributed by atoms with van der Waals surface area (Å²) in [5.74, 6) is 2.34. The zero-order valence-corrected chi connectivity index (χ0v) is 16.5. The van der Waals surface area contributed by atoms with Gasteiger partial charge >= 0.3 is 0 Å². The van der Waals surface area contributed by atoms with Gasteiger partial charge in [0, 0.05) is 12.5 Å². The third kappa shape index (κ3) is 4.91. The molecule has 2 aromatic rings. The topological polar surface area (TPSA) is 69.0 Å². The van der Waals surface area contributed by atoms with Gasteiger partial charge in [-0.05, 0) is 31.9 Å². The summed E-state index contributed by atoms with van der Waals surface area (Å²) in [5, 5.41) is 12.4. The predicted molar refractivity (Wildman–Crippen MR) is 108 cm³/mol. The molecule has 1 amide bonds. The number of ether oxygens (including phenoxy) is 1. The Morgan fingerprint density at radius 1 is 1.37 bits per heavy atom. The minimum atomic E-state index is -0.0947. The van der Waals surface area contributed by atoms with Gasteiger partial charge < -0.3 is 14.6 Å². The lowest BCUT2D eigenvalue weighted by atomic mass is 10.1. The molecule has 0 spiro atoms. The van der Waals surface area contributed by atoms with Gasteiger partial charge in [0.25, 0.3) is 0 Å². The van der Waals surface area contributed by atoms with Gasteiger partial charge in [-0.3, -0.25) is 4.79 Å². The first-order chi connectivity index (χ1) is 13.2. The van der Waals surface area contributed by atoms with E-state index in [1.54, 1.807) is 0 Å². The normalized spacial score (nSPS) is 14.3. The Bertz CT molecular complexity index is 784. The molecule has 6 nitrogen and oxygen atoms in total. The number of thioether (sulfide) groups is 1. The maximum atomic E-state index is 12.4. The van der Waals surface area contributed by atoms with Gasteiger partial charge in [-0.2, -0.15) is 0 Å². The summed E-state index contributed by atoms with van der Waals surface area (Å²) < 4.78 is 7.65. The molecular formula is C20H26N4O2S. The Balaban J connectivity index is 1.64. The van der Waals surface area contributed by atoms with Crippen LogP contribution < -0.4 is 10.1 Å². The molecule has 27 heavy (non-hydrogen) atoms. The van der Waals surface area contributed by atoms with Gasteiger partial charge in [0.1, 0.15) is 11.6 Å². The summed E-state index contributed by atoms with van der Waals surface area (Å²) in [7, 11) is 0. The quantitative estimate of drug-likeness (QED) is 0.515. The van der Waals surface area contributed by atoms with Crippen LogP contribution in [-0.2, 0) is 11.3 Å². The molecule has 0 radical (unpaired) electrons. The standard InChI is InChI=1S/C20H26N4O2S/c1-3-13-24-19(15-9-5-6-10-15)22-23-20(24)27-14-18(25)21-16-11-7-8-12-17(16)26-4-2/h3,7-8,11-12,15H,1,4-6,9-10,13-14H2,2H3,(H,21,25). The van der Waals surface area contributed by atoms with E-state index in [0.717, 1.165) is 23.8 Å². The molecule has 0 unspecified atom stereocenters. The number of benzene rings is 1. The lowest BCUT2D eigenvalue weighted by Crippen LogP contribution is -2.15. The fraction of sp³-hybridized carbons (Fsp3) is 0.450. The van der Waals surface area contributed by atoms with Crippen LogP contribution in [0.1, 0.15) is 44.3 Å².